The SMILES string of the molecule is C=CC(=O)N1CC2(CCN(c3nc(O[C@H]4C[C@@H](N5CCCCC5)C4)nc4c(OCC(F)(F)F)c(-c5c(C)ccc6[nH]ncc56)c(C5CC5)cc34)CC2)C1. The number of aromatic nitrogens is 4. The smallest absolute Gasteiger partial charge is 0.422 e. The summed E-state index contributed by atoms with van der Waals surface area (Å²) in [6, 6.07) is 6.64. The number of aromatic amines is 1. The normalized spacial score (nSPS) is 23.2. The molecular formula is C40H46F3N7O3. The zero-order valence-corrected chi connectivity index (χ0v) is 30.2. The number of fused-ring (bicyclic) bond motifs is 2. The van der Waals surface area contributed by atoms with Gasteiger partial charge in [-0.15, -0.1) is 0 Å². The molecule has 4 aromatic rings. The number of nitrogens with one attached hydrogen (secondary N) is 1. The third-order valence-electron chi connectivity index (χ3n) is 12.3. The molecular weight excluding hydrogens is 683 g/mol. The first-order valence-electron chi connectivity index (χ1n) is 19.2. The van der Waals surface area contributed by atoms with E-state index in [1.54, 1.807) is 6.20 Å². The predicted molar refractivity (Wildman–Crippen MR) is 196 cm³/mol. The molecule has 5 heterocycles. The van der Waals surface area contributed by atoms with Gasteiger partial charge < -0.3 is 24.2 Å². The van der Waals surface area contributed by atoms with Crippen LogP contribution in [-0.4, -0.2) is 100 Å². The van der Waals surface area contributed by atoms with Gasteiger partial charge in [0.15, 0.2) is 12.4 Å². The van der Waals surface area contributed by atoms with E-state index in [1.807, 2.05) is 24.0 Å². The Balaban J connectivity index is 1.15. The molecule has 0 atom stereocenters. The van der Waals surface area contributed by atoms with Crippen LogP contribution in [0, 0.1) is 12.3 Å². The van der Waals surface area contributed by atoms with Crippen LogP contribution in [0.5, 0.6) is 11.8 Å². The van der Waals surface area contributed by atoms with Crippen LogP contribution in [0.25, 0.3) is 32.9 Å². The van der Waals surface area contributed by atoms with Gasteiger partial charge in [0.1, 0.15) is 17.4 Å². The quantitative estimate of drug-likeness (QED) is 0.179. The second kappa shape index (κ2) is 13.2. The molecule has 2 aromatic heterocycles. The molecule has 0 unspecified atom stereocenters. The van der Waals surface area contributed by atoms with Crippen molar-refractivity contribution in [2.45, 2.75) is 89.0 Å². The van der Waals surface area contributed by atoms with Crippen LogP contribution in [-0.2, 0) is 4.79 Å². The Morgan fingerprint density at radius 2 is 1.79 bits per heavy atom. The number of aryl methyl sites for hydroxylation is 1. The molecule has 0 bridgehead atoms. The average molecular weight is 730 g/mol. The third kappa shape index (κ3) is 6.48. The number of amides is 1. The number of alkyl halides is 3. The molecule has 3 saturated heterocycles. The van der Waals surface area contributed by atoms with Crippen molar-refractivity contribution >= 4 is 33.5 Å². The summed E-state index contributed by atoms with van der Waals surface area (Å²) in [5, 5.41) is 8.81. The number of carbonyl (C=O) groups excluding carboxylic acids is 1. The number of ether oxygens (including phenoxy) is 2. The summed E-state index contributed by atoms with van der Waals surface area (Å²) in [5.74, 6) is 0.894. The highest BCUT2D eigenvalue weighted by Gasteiger charge is 2.47. The first-order valence-corrected chi connectivity index (χ1v) is 19.2. The van der Waals surface area contributed by atoms with E-state index < -0.39 is 12.8 Å². The molecule has 2 saturated carbocycles. The van der Waals surface area contributed by atoms with Crippen molar-refractivity contribution in [3.63, 3.8) is 0 Å². The maximum atomic E-state index is 14.1. The van der Waals surface area contributed by atoms with Crippen molar-refractivity contribution in [3.8, 4) is 22.9 Å². The van der Waals surface area contributed by atoms with E-state index in [0.717, 1.165) is 79.2 Å². The lowest BCUT2D eigenvalue weighted by atomic mass is 9.72. The summed E-state index contributed by atoms with van der Waals surface area (Å²) in [4.78, 5) is 28.9. The van der Waals surface area contributed by atoms with Crippen LogP contribution in [0.1, 0.15) is 74.8 Å². The largest absolute Gasteiger partial charge is 0.481 e. The van der Waals surface area contributed by atoms with E-state index in [9.17, 15) is 18.0 Å². The maximum Gasteiger partial charge on any atom is 0.422 e. The number of piperidine rings is 2. The Morgan fingerprint density at radius 1 is 1.04 bits per heavy atom. The fourth-order valence-electron chi connectivity index (χ4n) is 9.16. The molecule has 0 radical (unpaired) electrons. The van der Waals surface area contributed by atoms with Crippen molar-refractivity contribution in [3.05, 3.63) is 48.2 Å². The van der Waals surface area contributed by atoms with E-state index in [4.69, 9.17) is 19.4 Å². The number of hydrogen-bond donors (Lipinski definition) is 1. The second-order valence-corrected chi connectivity index (χ2v) is 16.0. The van der Waals surface area contributed by atoms with Crippen molar-refractivity contribution < 1.29 is 27.4 Å². The predicted octanol–water partition coefficient (Wildman–Crippen LogP) is 7.31. The number of H-pyrrole nitrogens is 1. The zero-order chi connectivity index (χ0) is 36.5. The molecule has 5 aliphatic rings. The molecule has 5 fully saturated rings. The number of benzene rings is 2. The molecule has 1 amide bonds. The summed E-state index contributed by atoms with van der Waals surface area (Å²) in [6.07, 6.45) is 7.50. The molecule has 13 heteroatoms. The Morgan fingerprint density at radius 3 is 2.49 bits per heavy atom. The molecule has 2 aliphatic carbocycles. The summed E-state index contributed by atoms with van der Waals surface area (Å²) >= 11 is 0. The Labute approximate surface area is 306 Å². The van der Waals surface area contributed by atoms with Crippen molar-refractivity contribution in [2.75, 3.05) is 50.8 Å². The molecule has 280 valence electrons. The molecule has 1 spiro atoms. The number of rotatable bonds is 9. The van der Waals surface area contributed by atoms with Crippen LogP contribution < -0.4 is 14.4 Å². The zero-order valence-electron chi connectivity index (χ0n) is 30.2. The number of hydrogen-bond acceptors (Lipinski definition) is 8. The fourth-order valence-corrected chi connectivity index (χ4v) is 9.16. The van der Waals surface area contributed by atoms with Gasteiger partial charge in [0, 0.05) is 66.8 Å². The van der Waals surface area contributed by atoms with Crippen LogP contribution in [0.4, 0.5) is 19.0 Å². The summed E-state index contributed by atoms with van der Waals surface area (Å²) in [7, 11) is 0. The molecule has 10 nitrogen and oxygen atoms in total. The van der Waals surface area contributed by atoms with E-state index in [-0.39, 0.29) is 35.1 Å². The minimum atomic E-state index is -4.56. The number of likely N-dealkylation sites (tertiary alicyclic amines) is 2. The van der Waals surface area contributed by atoms with Crippen LogP contribution in [0.3, 0.4) is 0 Å². The van der Waals surface area contributed by atoms with Crippen molar-refractivity contribution in [1.82, 2.24) is 30.0 Å². The second-order valence-electron chi connectivity index (χ2n) is 16.0. The fraction of sp³-hybridized carbons (Fsp3) is 0.550. The van der Waals surface area contributed by atoms with Crippen molar-refractivity contribution in [2.24, 2.45) is 5.41 Å². The molecule has 9 rings (SSSR count). The van der Waals surface area contributed by atoms with Gasteiger partial charge in [-0.25, -0.2) is 0 Å². The van der Waals surface area contributed by atoms with Gasteiger partial charge in [0.2, 0.25) is 5.91 Å². The first-order chi connectivity index (χ1) is 25.6. The molecule has 53 heavy (non-hydrogen) atoms. The summed E-state index contributed by atoms with van der Waals surface area (Å²) in [5.41, 5.74) is 4.45. The van der Waals surface area contributed by atoms with E-state index in [0.29, 0.717) is 54.5 Å². The first kappa shape index (κ1) is 34.4. The topological polar surface area (TPSA) is 99.7 Å². The highest BCUT2D eigenvalue weighted by Crippen LogP contribution is 2.53. The van der Waals surface area contributed by atoms with Gasteiger partial charge in [-0.1, -0.05) is 19.1 Å². The lowest BCUT2D eigenvalue weighted by Gasteiger charge is -2.54. The highest BCUT2D eigenvalue weighted by atomic mass is 19.4. The van der Waals surface area contributed by atoms with Crippen molar-refractivity contribution in [1.29, 1.82) is 0 Å². The van der Waals surface area contributed by atoms with E-state index >= 15 is 0 Å². The van der Waals surface area contributed by atoms with Crippen LogP contribution in [0.15, 0.2) is 37.1 Å². The molecule has 1 N–H and O–H groups in total. The van der Waals surface area contributed by atoms with E-state index in [1.165, 1.54) is 25.3 Å². The average Bonchev–Trinajstić information content (AvgIpc) is 3.86. The summed E-state index contributed by atoms with van der Waals surface area (Å²) < 4.78 is 54.7. The molecule has 3 aliphatic heterocycles. The van der Waals surface area contributed by atoms with Crippen LogP contribution >= 0.6 is 0 Å². The molecule has 2 aromatic carbocycles. The van der Waals surface area contributed by atoms with Gasteiger partial charge >= 0.3 is 12.2 Å². The minimum Gasteiger partial charge on any atom is -0.481 e. The monoisotopic (exact) mass is 729 g/mol. The summed E-state index contributed by atoms with van der Waals surface area (Å²) in [6.45, 7) is 9.16. The third-order valence-corrected chi connectivity index (χ3v) is 12.3. The van der Waals surface area contributed by atoms with E-state index in [2.05, 4.69) is 32.6 Å². The lowest BCUT2D eigenvalue weighted by molar-refractivity contribution is -0.153. The van der Waals surface area contributed by atoms with Crippen LogP contribution in [0.2, 0.25) is 0 Å². The number of halogens is 3. The minimum absolute atomic E-state index is 0.0425. The standard InChI is InChI=1S/C40H46F3N7O3/c1-3-32(51)50-21-39(22-50)11-15-49(16-12-39)37-29-19-28(25-8-9-25)34(33-24(2)7-10-31-30(33)20-44-47-31)36(52-23-40(41,42)43)35(29)45-38(46-37)53-27-17-26(18-27)48-13-5-4-6-14-48/h3,7,10,19-20,25-27H,1,4-6,8-9,11-18,21-23H2,2H3,(H,44,47)/t26-,27+. The van der Waals surface area contributed by atoms with Gasteiger partial charge in [0.05, 0.1) is 11.7 Å². The lowest BCUT2D eigenvalue weighted by Crippen LogP contribution is -2.61. The Bertz CT molecular complexity index is 2050. The van der Waals surface area contributed by atoms with Gasteiger partial charge in [0.25, 0.3) is 0 Å². The highest BCUT2D eigenvalue weighted by molar-refractivity contribution is 6.06. The number of carbonyl (C=O) groups is 1. The maximum absolute atomic E-state index is 14.1. The number of anilines is 1. The number of nitrogens with zero attached hydrogens (tertiary/aromatic N) is 6. The van der Waals surface area contributed by atoms with Gasteiger partial charge in [-0.05, 0) is 99.4 Å². The Hall–Kier alpha value is -4.39. The van der Waals surface area contributed by atoms with Gasteiger partial charge in [-0.3, -0.25) is 9.89 Å². The Kier molecular flexibility index (Phi) is 8.55. The van der Waals surface area contributed by atoms with Gasteiger partial charge in [-0.2, -0.15) is 28.2 Å².